The first-order valence-electron chi connectivity index (χ1n) is 10.2. The van der Waals surface area contributed by atoms with Crippen LogP contribution in [0.5, 0.6) is 11.5 Å². The molecule has 0 aromatic heterocycles. The third-order valence-corrected chi connectivity index (χ3v) is 6.14. The number of ether oxygens (including phenoxy) is 2. The molecule has 3 aromatic carbocycles. The number of hydrogen-bond acceptors (Lipinski definition) is 5. The molecule has 1 amide bonds. The molecule has 166 valence electrons. The predicted octanol–water partition coefficient (Wildman–Crippen LogP) is 5.39. The Balaban J connectivity index is 1.71. The van der Waals surface area contributed by atoms with Gasteiger partial charge in [0.05, 0.1) is 16.6 Å². The fourth-order valence-corrected chi connectivity index (χ4v) is 4.39. The molecule has 2 aliphatic heterocycles. The third-order valence-electron chi connectivity index (χ3n) is 5.56. The second kappa shape index (κ2) is 8.46. The monoisotopic (exact) mass is 481 g/mol. The number of ketones is 1. The number of aliphatic hydroxyl groups excluding tert-OH is 1. The minimum atomic E-state index is -0.902. The van der Waals surface area contributed by atoms with Gasteiger partial charge in [0, 0.05) is 22.3 Å². The van der Waals surface area contributed by atoms with E-state index in [1.807, 2.05) is 0 Å². The zero-order chi connectivity index (χ0) is 23.1. The molecular formula is C25H17Cl2NO5. The smallest absolute Gasteiger partial charge is 0.300 e. The minimum Gasteiger partial charge on any atom is -0.507 e. The highest BCUT2D eigenvalue weighted by atomic mass is 35.5. The molecule has 1 N–H and O–H groups in total. The number of rotatable bonds is 3. The van der Waals surface area contributed by atoms with E-state index in [2.05, 4.69) is 0 Å². The summed E-state index contributed by atoms with van der Waals surface area (Å²) in [5, 5.41) is 11.9. The zero-order valence-corrected chi connectivity index (χ0v) is 18.6. The molecule has 8 heteroatoms. The molecule has 0 spiro atoms. The Hall–Kier alpha value is -3.48. The van der Waals surface area contributed by atoms with E-state index in [-0.39, 0.29) is 21.9 Å². The summed E-state index contributed by atoms with van der Waals surface area (Å²) in [6.45, 7) is 0.807. The van der Waals surface area contributed by atoms with Crippen molar-refractivity contribution in [2.45, 2.75) is 6.04 Å². The molecule has 1 saturated heterocycles. The summed E-state index contributed by atoms with van der Waals surface area (Å²) < 4.78 is 11.2. The predicted molar refractivity (Wildman–Crippen MR) is 125 cm³/mol. The van der Waals surface area contributed by atoms with Gasteiger partial charge in [-0.3, -0.25) is 14.5 Å². The van der Waals surface area contributed by atoms with Crippen LogP contribution < -0.4 is 14.4 Å². The Morgan fingerprint density at radius 3 is 2.33 bits per heavy atom. The Morgan fingerprint density at radius 2 is 1.61 bits per heavy atom. The summed E-state index contributed by atoms with van der Waals surface area (Å²) in [5.41, 5.74) is 1.23. The van der Waals surface area contributed by atoms with Crippen LogP contribution in [0.4, 0.5) is 5.69 Å². The van der Waals surface area contributed by atoms with Gasteiger partial charge in [-0.05, 0) is 42.0 Å². The van der Waals surface area contributed by atoms with Crippen molar-refractivity contribution in [2.24, 2.45) is 0 Å². The lowest BCUT2D eigenvalue weighted by molar-refractivity contribution is -0.132. The Morgan fingerprint density at radius 1 is 0.909 bits per heavy atom. The SMILES string of the molecule is O=C1C(=O)N(c2ccc3c(c2)OCCO3)C(c2ccc(Cl)cc2)C1=C(O)c1ccccc1Cl. The molecule has 5 rings (SSSR count). The highest BCUT2D eigenvalue weighted by molar-refractivity contribution is 6.52. The molecule has 33 heavy (non-hydrogen) atoms. The van der Waals surface area contributed by atoms with Crippen LogP contribution in [-0.4, -0.2) is 30.0 Å². The number of fused-ring (bicyclic) bond motifs is 1. The van der Waals surface area contributed by atoms with E-state index in [9.17, 15) is 14.7 Å². The summed E-state index contributed by atoms with van der Waals surface area (Å²) in [4.78, 5) is 27.8. The second-order valence-corrected chi connectivity index (χ2v) is 8.37. The van der Waals surface area contributed by atoms with Crippen molar-refractivity contribution in [1.29, 1.82) is 0 Å². The third kappa shape index (κ3) is 3.71. The molecule has 1 unspecified atom stereocenters. The Bertz CT molecular complexity index is 1300. The number of anilines is 1. The number of benzene rings is 3. The van der Waals surface area contributed by atoms with Crippen LogP contribution in [-0.2, 0) is 9.59 Å². The molecule has 0 aliphatic carbocycles. The van der Waals surface area contributed by atoms with Crippen LogP contribution in [0.2, 0.25) is 10.0 Å². The molecule has 2 aliphatic rings. The Kier molecular flexibility index (Phi) is 5.48. The molecule has 2 heterocycles. The quantitative estimate of drug-likeness (QED) is 0.308. The van der Waals surface area contributed by atoms with Gasteiger partial charge in [0.2, 0.25) is 0 Å². The maximum atomic E-state index is 13.3. The maximum absolute atomic E-state index is 13.3. The van der Waals surface area contributed by atoms with Gasteiger partial charge in [0.15, 0.2) is 11.5 Å². The van der Waals surface area contributed by atoms with Gasteiger partial charge in [-0.25, -0.2) is 0 Å². The summed E-state index contributed by atoms with van der Waals surface area (Å²) in [6, 6.07) is 17.5. The van der Waals surface area contributed by atoms with Gasteiger partial charge in [-0.2, -0.15) is 0 Å². The van der Waals surface area contributed by atoms with Crippen LogP contribution in [0.15, 0.2) is 72.3 Å². The average Bonchev–Trinajstić information content (AvgIpc) is 3.09. The highest BCUT2D eigenvalue weighted by Crippen LogP contribution is 2.45. The van der Waals surface area contributed by atoms with Crippen molar-refractivity contribution in [3.05, 3.63) is 93.5 Å². The average molecular weight is 482 g/mol. The van der Waals surface area contributed by atoms with Crippen LogP contribution in [0.3, 0.4) is 0 Å². The fraction of sp³-hybridized carbons (Fsp3) is 0.120. The molecule has 1 atom stereocenters. The van der Waals surface area contributed by atoms with Gasteiger partial charge in [-0.15, -0.1) is 0 Å². The number of carbonyl (C=O) groups excluding carboxylic acids is 2. The lowest BCUT2D eigenvalue weighted by atomic mass is 9.95. The van der Waals surface area contributed by atoms with Crippen molar-refractivity contribution in [2.75, 3.05) is 18.1 Å². The molecule has 0 saturated carbocycles. The van der Waals surface area contributed by atoms with E-state index in [0.717, 1.165) is 0 Å². The summed E-state index contributed by atoms with van der Waals surface area (Å²) in [6.07, 6.45) is 0. The minimum absolute atomic E-state index is 0.0645. The van der Waals surface area contributed by atoms with Crippen LogP contribution in [0.25, 0.3) is 5.76 Å². The topological polar surface area (TPSA) is 76.1 Å². The fourth-order valence-electron chi connectivity index (χ4n) is 4.04. The number of Topliss-reactive ketones (excluding diaryl/α,β-unsaturated/α-hetero) is 1. The van der Waals surface area contributed by atoms with Crippen molar-refractivity contribution in [1.82, 2.24) is 0 Å². The van der Waals surface area contributed by atoms with Crippen molar-refractivity contribution in [3.63, 3.8) is 0 Å². The lowest BCUT2D eigenvalue weighted by Gasteiger charge is -2.27. The maximum Gasteiger partial charge on any atom is 0.300 e. The summed E-state index contributed by atoms with van der Waals surface area (Å²) in [5.74, 6) is -0.913. The normalized spacial score (nSPS) is 19.1. The van der Waals surface area contributed by atoms with Crippen molar-refractivity contribution in [3.8, 4) is 11.5 Å². The summed E-state index contributed by atoms with van der Waals surface area (Å²) in [7, 11) is 0. The van der Waals surface area contributed by atoms with E-state index in [4.69, 9.17) is 32.7 Å². The van der Waals surface area contributed by atoms with E-state index in [0.29, 0.717) is 41.0 Å². The van der Waals surface area contributed by atoms with Gasteiger partial charge >= 0.3 is 0 Å². The second-order valence-electron chi connectivity index (χ2n) is 7.53. The number of halogens is 2. The van der Waals surface area contributed by atoms with E-state index in [1.165, 1.54) is 4.90 Å². The van der Waals surface area contributed by atoms with E-state index < -0.39 is 17.7 Å². The van der Waals surface area contributed by atoms with Crippen LogP contribution in [0, 0.1) is 0 Å². The lowest BCUT2D eigenvalue weighted by Crippen LogP contribution is -2.29. The highest BCUT2D eigenvalue weighted by Gasteiger charge is 2.47. The van der Waals surface area contributed by atoms with Gasteiger partial charge in [-0.1, -0.05) is 47.5 Å². The zero-order valence-electron chi connectivity index (χ0n) is 17.1. The number of hydrogen-bond donors (Lipinski definition) is 1. The van der Waals surface area contributed by atoms with Gasteiger partial charge in [0.1, 0.15) is 19.0 Å². The van der Waals surface area contributed by atoms with E-state index in [1.54, 1.807) is 66.7 Å². The van der Waals surface area contributed by atoms with Gasteiger partial charge in [0.25, 0.3) is 11.7 Å². The number of amides is 1. The van der Waals surface area contributed by atoms with E-state index >= 15 is 0 Å². The molecule has 3 aromatic rings. The number of carbonyl (C=O) groups is 2. The van der Waals surface area contributed by atoms with Crippen LogP contribution >= 0.6 is 23.2 Å². The number of aliphatic hydroxyl groups is 1. The molecule has 0 radical (unpaired) electrons. The van der Waals surface area contributed by atoms with Crippen molar-refractivity contribution >= 4 is 46.3 Å². The first-order valence-corrected chi connectivity index (χ1v) is 10.9. The Labute approximate surface area is 199 Å². The molecular weight excluding hydrogens is 465 g/mol. The number of nitrogens with zero attached hydrogens (tertiary/aromatic N) is 1. The first kappa shape index (κ1) is 21.4. The van der Waals surface area contributed by atoms with Crippen molar-refractivity contribution < 1.29 is 24.2 Å². The molecule has 6 nitrogen and oxygen atoms in total. The molecule has 0 bridgehead atoms. The summed E-state index contributed by atoms with van der Waals surface area (Å²) >= 11 is 12.3. The van der Waals surface area contributed by atoms with Crippen LogP contribution in [0.1, 0.15) is 17.2 Å². The van der Waals surface area contributed by atoms with Gasteiger partial charge < -0.3 is 14.6 Å². The first-order chi connectivity index (χ1) is 16.0. The molecule has 1 fully saturated rings. The standard InChI is InChI=1S/C25H17Cl2NO5/c26-15-7-5-14(6-8-15)22-21(23(29)17-3-1-2-4-18(17)27)24(30)25(31)28(22)16-9-10-19-20(13-16)33-12-11-32-19/h1-10,13,22,29H,11-12H2. The largest absolute Gasteiger partial charge is 0.507 e.